The monoisotopic (exact) mass is 348 g/mol. The van der Waals surface area contributed by atoms with Crippen molar-refractivity contribution in [1.82, 2.24) is 9.96 Å². The van der Waals surface area contributed by atoms with Crippen LogP contribution in [0.1, 0.15) is 37.7 Å². The maximum absolute atomic E-state index is 13.8. The first-order chi connectivity index (χ1) is 12.2. The maximum atomic E-state index is 13.8. The Hall–Kier alpha value is -1.50. The highest BCUT2D eigenvalue weighted by molar-refractivity contribution is 5.80. The summed E-state index contributed by atoms with van der Waals surface area (Å²) < 4.78 is 20.0. The second-order valence-electron chi connectivity index (χ2n) is 7.32. The Balaban J connectivity index is 1.31. The van der Waals surface area contributed by atoms with Gasteiger partial charge in [-0.1, -0.05) is 18.2 Å². The first kappa shape index (κ1) is 16.9. The van der Waals surface area contributed by atoms with Gasteiger partial charge in [-0.05, 0) is 38.2 Å². The predicted octanol–water partition coefficient (Wildman–Crippen LogP) is 2.50. The molecule has 0 N–H and O–H groups in total. The summed E-state index contributed by atoms with van der Waals surface area (Å²) in [4.78, 5) is 20.1. The van der Waals surface area contributed by atoms with Crippen LogP contribution in [-0.2, 0) is 20.9 Å². The average molecular weight is 348 g/mol. The highest BCUT2D eigenvalue weighted by Crippen LogP contribution is 2.39. The SMILES string of the molecule is O=C([C@@H]1CCC2(CCN(Cc3ccccc3F)CC2)O1)N1CCCO1. The molecule has 0 saturated carbocycles. The Morgan fingerprint density at radius 3 is 2.72 bits per heavy atom. The lowest BCUT2D eigenvalue weighted by Gasteiger charge is -2.39. The van der Waals surface area contributed by atoms with Gasteiger partial charge < -0.3 is 4.74 Å². The van der Waals surface area contributed by atoms with Crippen LogP contribution in [0.15, 0.2) is 24.3 Å². The molecular formula is C19H25FN2O3. The zero-order valence-corrected chi connectivity index (χ0v) is 14.5. The van der Waals surface area contributed by atoms with E-state index in [-0.39, 0.29) is 23.4 Å². The second kappa shape index (κ2) is 7.02. The van der Waals surface area contributed by atoms with Gasteiger partial charge in [0.1, 0.15) is 11.9 Å². The van der Waals surface area contributed by atoms with E-state index in [1.807, 2.05) is 12.1 Å². The van der Waals surface area contributed by atoms with Gasteiger partial charge in [0, 0.05) is 25.2 Å². The van der Waals surface area contributed by atoms with Crippen LogP contribution in [-0.4, -0.2) is 53.8 Å². The van der Waals surface area contributed by atoms with Gasteiger partial charge in [-0.15, -0.1) is 0 Å². The van der Waals surface area contributed by atoms with Crippen LogP contribution in [0.2, 0.25) is 0 Å². The molecule has 1 atom stereocenters. The molecule has 0 aliphatic carbocycles. The van der Waals surface area contributed by atoms with Gasteiger partial charge in [0.2, 0.25) is 0 Å². The van der Waals surface area contributed by atoms with E-state index in [2.05, 4.69) is 4.90 Å². The number of hydroxylamine groups is 2. The Morgan fingerprint density at radius 1 is 1.20 bits per heavy atom. The molecule has 5 nitrogen and oxygen atoms in total. The van der Waals surface area contributed by atoms with Crippen molar-refractivity contribution in [1.29, 1.82) is 0 Å². The summed E-state index contributed by atoms with van der Waals surface area (Å²) in [5.41, 5.74) is 0.552. The van der Waals surface area contributed by atoms with Gasteiger partial charge >= 0.3 is 0 Å². The molecule has 1 aromatic rings. The molecule has 3 aliphatic heterocycles. The Morgan fingerprint density at radius 2 is 2.00 bits per heavy atom. The number of ether oxygens (including phenoxy) is 1. The van der Waals surface area contributed by atoms with E-state index in [1.54, 1.807) is 6.07 Å². The summed E-state index contributed by atoms with van der Waals surface area (Å²) in [5, 5.41) is 1.47. The third-order valence-corrected chi connectivity index (χ3v) is 5.65. The highest BCUT2D eigenvalue weighted by Gasteiger charge is 2.46. The van der Waals surface area contributed by atoms with Crippen molar-refractivity contribution in [2.24, 2.45) is 0 Å². The molecule has 0 bridgehead atoms. The summed E-state index contributed by atoms with van der Waals surface area (Å²) in [6.07, 6.45) is 4.01. The van der Waals surface area contributed by atoms with Crippen LogP contribution < -0.4 is 0 Å². The number of hydrogen-bond donors (Lipinski definition) is 0. The highest BCUT2D eigenvalue weighted by atomic mass is 19.1. The molecule has 6 heteroatoms. The normalized spacial score (nSPS) is 26.4. The Bertz CT molecular complexity index is 625. The number of piperidine rings is 1. The fourth-order valence-electron chi connectivity index (χ4n) is 4.12. The number of benzene rings is 1. The van der Waals surface area contributed by atoms with Crippen LogP contribution in [0.25, 0.3) is 0 Å². The van der Waals surface area contributed by atoms with Crippen LogP contribution in [0.5, 0.6) is 0 Å². The number of amides is 1. The van der Waals surface area contributed by atoms with Crippen molar-refractivity contribution >= 4 is 5.91 Å². The van der Waals surface area contributed by atoms with E-state index in [9.17, 15) is 9.18 Å². The molecule has 0 radical (unpaired) electrons. The van der Waals surface area contributed by atoms with Gasteiger partial charge in [0.15, 0.2) is 0 Å². The lowest BCUT2D eigenvalue weighted by molar-refractivity contribution is -0.185. The number of rotatable bonds is 3. The lowest BCUT2D eigenvalue weighted by Crippen LogP contribution is -2.45. The third kappa shape index (κ3) is 3.57. The fourth-order valence-corrected chi connectivity index (χ4v) is 4.12. The van der Waals surface area contributed by atoms with E-state index in [0.29, 0.717) is 19.7 Å². The van der Waals surface area contributed by atoms with Crippen LogP contribution in [0, 0.1) is 5.82 Å². The van der Waals surface area contributed by atoms with E-state index in [0.717, 1.165) is 50.8 Å². The van der Waals surface area contributed by atoms with E-state index in [1.165, 1.54) is 11.1 Å². The Labute approximate surface area is 147 Å². The van der Waals surface area contributed by atoms with Crippen molar-refractivity contribution in [3.63, 3.8) is 0 Å². The largest absolute Gasteiger partial charge is 0.362 e. The predicted molar refractivity (Wildman–Crippen MR) is 90.0 cm³/mol. The van der Waals surface area contributed by atoms with E-state index in [4.69, 9.17) is 9.57 Å². The second-order valence-corrected chi connectivity index (χ2v) is 7.32. The van der Waals surface area contributed by atoms with Crippen molar-refractivity contribution in [3.8, 4) is 0 Å². The quantitative estimate of drug-likeness (QED) is 0.842. The molecule has 0 aromatic heterocycles. The molecule has 3 heterocycles. The van der Waals surface area contributed by atoms with Gasteiger partial charge in [0.05, 0.1) is 18.8 Å². The molecule has 136 valence electrons. The number of carbonyl (C=O) groups excluding carboxylic acids is 1. The number of nitrogens with zero attached hydrogens (tertiary/aromatic N) is 2. The van der Waals surface area contributed by atoms with Crippen LogP contribution >= 0.6 is 0 Å². The smallest absolute Gasteiger partial charge is 0.275 e. The summed E-state index contributed by atoms with van der Waals surface area (Å²) in [6.45, 7) is 3.66. The van der Waals surface area contributed by atoms with Crippen molar-refractivity contribution < 1.29 is 18.8 Å². The van der Waals surface area contributed by atoms with E-state index >= 15 is 0 Å². The van der Waals surface area contributed by atoms with Crippen molar-refractivity contribution in [3.05, 3.63) is 35.6 Å². The maximum Gasteiger partial charge on any atom is 0.275 e. The van der Waals surface area contributed by atoms with Crippen LogP contribution in [0.4, 0.5) is 4.39 Å². The number of likely N-dealkylation sites (tertiary alicyclic amines) is 1. The van der Waals surface area contributed by atoms with Gasteiger partial charge in [-0.2, -0.15) is 0 Å². The molecule has 1 amide bonds. The van der Waals surface area contributed by atoms with E-state index < -0.39 is 0 Å². The van der Waals surface area contributed by atoms with Crippen molar-refractivity contribution in [2.45, 2.75) is 50.4 Å². The minimum Gasteiger partial charge on any atom is -0.362 e. The topological polar surface area (TPSA) is 42.0 Å². The molecule has 1 aromatic carbocycles. The summed E-state index contributed by atoms with van der Waals surface area (Å²) >= 11 is 0. The van der Waals surface area contributed by atoms with Crippen molar-refractivity contribution in [2.75, 3.05) is 26.2 Å². The van der Waals surface area contributed by atoms with Gasteiger partial charge in [0.25, 0.3) is 5.91 Å². The lowest BCUT2D eigenvalue weighted by atomic mass is 9.88. The number of hydrogen-bond acceptors (Lipinski definition) is 4. The third-order valence-electron chi connectivity index (χ3n) is 5.65. The van der Waals surface area contributed by atoms with Gasteiger partial charge in [-0.3, -0.25) is 14.5 Å². The summed E-state index contributed by atoms with van der Waals surface area (Å²) in [6, 6.07) is 6.95. The molecule has 1 spiro atoms. The first-order valence-corrected chi connectivity index (χ1v) is 9.23. The summed E-state index contributed by atoms with van der Waals surface area (Å²) in [7, 11) is 0. The molecule has 3 aliphatic rings. The number of carbonyl (C=O) groups is 1. The average Bonchev–Trinajstić information content (AvgIpc) is 3.29. The fraction of sp³-hybridized carbons (Fsp3) is 0.632. The zero-order chi connectivity index (χ0) is 17.3. The standard InChI is InChI=1S/C19H25FN2O3/c20-16-5-2-1-4-15(16)14-21-11-8-19(9-12-21)7-6-17(25-19)18(23)22-10-3-13-24-22/h1-2,4-5,17H,3,6-14H2/t17-/m0/s1. The Kier molecular flexibility index (Phi) is 4.75. The molecule has 4 rings (SSSR count). The van der Waals surface area contributed by atoms with Crippen LogP contribution in [0.3, 0.4) is 0 Å². The molecule has 25 heavy (non-hydrogen) atoms. The molecule has 0 unspecified atom stereocenters. The molecule has 3 saturated heterocycles. The molecule has 3 fully saturated rings. The number of halogens is 1. The first-order valence-electron chi connectivity index (χ1n) is 9.23. The minimum atomic E-state index is -0.365. The summed E-state index contributed by atoms with van der Waals surface area (Å²) in [5.74, 6) is -0.167. The zero-order valence-electron chi connectivity index (χ0n) is 14.5. The minimum absolute atomic E-state index is 0.0249. The molecular weight excluding hydrogens is 323 g/mol. The van der Waals surface area contributed by atoms with Gasteiger partial charge in [-0.25, -0.2) is 9.45 Å².